The Morgan fingerprint density at radius 1 is 1.23 bits per heavy atom. The first kappa shape index (κ1) is 20.8. The molecule has 2 N–H and O–H groups in total. The highest BCUT2D eigenvalue weighted by molar-refractivity contribution is 7.89. The van der Waals surface area contributed by atoms with E-state index in [4.69, 9.17) is 4.74 Å². The van der Waals surface area contributed by atoms with Gasteiger partial charge in [-0.15, -0.1) is 0 Å². The number of benzene rings is 1. The zero-order valence-electron chi connectivity index (χ0n) is 15.5. The number of likely N-dealkylation sites (tertiary alicyclic amines) is 1. The molecule has 0 aliphatic carbocycles. The Morgan fingerprint density at radius 3 is 2.46 bits per heavy atom. The zero-order valence-corrected chi connectivity index (χ0v) is 16.3. The third kappa shape index (κ3) is 6.05. The third-order valence-electron chi connectivity index (χ3n) is 4.49. The van der Waals surface area contributed by atoms with E-state index in [0.29, 0.717) is 12.2 Å². The summed E-state index contributed by atoms with van der Waals surface area (Å²) in [5.41, 5.74) is 0.469. The maximum atomic E-state index is 12.4. The largest absolute Gasteiger partial charge is 0.383 e. The van der Waals surface area contributed by atoms with Gasteiger partial charge in [0.25, 0.3) is 5.91 Å². The van der Waals surface area contributed by atoms with Crippen LogP contribution in [0.25, 0.3) is 0 Å². The van der Waals surface area contributed by atoms with Crippen LogP contribution in [-0.2, 0) is 14.8 Å². The lowest BCUT2D eigenvalue weighted by Crippen LogP contribution is -2.44. The van der Waals surface area contributed by atoms with Gasteiger partial charge in [0.05, 0.1) is 11.5 Å². The lowest BCUT2D eigenvalue weighted by atomic mass is 10.0. The highest BCUT2D eigenvalue weighted by atomic mass is 32.2. The number of carbonyl (C=O) groups is 1. The molecule has 26 heavy (non-hydrogen) atoms. The fourth-order valence-corrected chi connectivity index (χ4v) is 4.05. The Balaban J connectivity index is 1.88. The average molecular weight is 384 g/mol. The van der Waals surface area contributed by atoms with Crippen molar-refractivity contribution in [3.05, 3.63) is 29.8 Å². The summed E-state index contributed by atoms with van der Waals surface area (Å²) in [7, 11) is -2.07. The van der Waals surface area contributed by atoms with E-state index in [-0.39, 0.29) is 23.4 Å². The van der Waals surface area contributed by atoms with Crippen molar-refractivity contribution >= 4 is 15.9 Å². The molecule has 0 atom stereocenters. The van der Waals surface area contributed by atoms with E-state index in [2.05, 4.69) is 21.9 Å². The number of carbonyl (C=O) groups excluding carboxylic acids is 1. The van der Waals surface area contributed by atoms with Crippen LogP contribution in [0.1, 0.15) is 36.5 Å². The van der Waals surface area contributed by atoms with Crippen LogP contribution in [0, 0.1) is 0 Å². The van der Waals surface area contributed by atoms with Gasteiger partial charge in [-0.25, -0.2) is 13.1 Å². The highest BCUT2D eigenvalue weighted by Gasteiger charge is 2.21. The molecular weight excluding hydrogens is 354 g/mol. The van der Waals surface area contributed by atoms with Crippen LogP contribution in [-0.4, -0.2) is 65.2 Å². The van der Waals surface area contributed by atoms with Gasteiger partial charge in [-0.1, -0.05) is 6.92 Å². The van der Waals surface area contributed by atoms with Crippen molar-refractivity contribution < 1.29 is 17.9 Å². The SMILES string of the molecule is CCCN1CCC(NC(=O)c2ccc(S(=O)(=O)NCCOC)cc2)CC1. The average Bonchev–Trinajstić information content (AvgIpc) is 2.64. The van der Waals surface area contributed by atoms with E-state index in [0.717, 1.165) is 38.9 Å². The number of piperidine rings is 1. The summed E-state index contributed by atoms with van der Waals surface area (Å²) in [5.74, 6) is -0.157. The predicted molar refractivity (Wildman–Crippen MR) is 101 cm³/mol. The Hall–Kier alpha value is -1.48. The molecule has 1 saturated heterocycles. The first-order chi connectivity index (χ1) is 12.5. The van der Waals surface area contributed by atoms with Gasteiger partial charge >= 0.3 is 0 Å². The molecule has 0 aromatic heterocycles. The normalized spacial score (nSPS) is 16.5. The van der Waals surface area contributed by atoms with Crippen molar-refractivity contribution in [3.8, 4) is 0 Å². The maximum Gasteiger partial charge on any atom is 0.251 e. The molecule has 1 amide bonds. The molecule has 1 fully saturated rings. The van der Waals surface area contributed by atoms with Crippen LogP contribution in [0.5, 0.6) is 0 Å². The van der Waals surface area contributed by atoms with Gasteiger partial charge < -0.3 is 15.0 Å². The van der Waals surface area contributed by atoms with E-state index < -0.39 is 10.0 Å². The molecule has 146 valence electrons. The lowest BCUT2D eigenvalue weighted by molar-refractivity contribution is 0.0911. The number of hydrogen-bond acceptors (Lipinski definition) is 5. The number of sulfonamides is 1. The molecular formula is C18H29N3O4S. The van der Waals surface area contributed by atoms with Gasteiger partial charge in [-0.05, 0) is 50.1 Å². The van der Waals surface area contributed by atoms with Crippen molar-refractivity contribution in [1.29, 1.82) is 0 Å². The molecule has 1 heterocycles. The first-order valence-electron chi connectivity index (χ1n) is 9.08. The van der Waals surface area contributed by atoms with Crippen molar-refractivity contribution in [1.82, 2.24) is 14.9 Å². The van der Waals surface area contributed by atoms with Crippen LogP contribution in [0.15, 0.2) is 29.2 Å². The second-order valence-electron chi connectivity index (χ2n) is 6.50. The number of hydrogen-bond donors (Lipinski definition) is 2. The Kier molecular flexibility index (Phi) is 8.02. The zero-order chi connectivity index (χ0) is 19.0. The fourth-order valence-electron chi connectivity index (χ4n) is 3.03. The summed E-state index contributed by atoms with van der Waals surface area (Å²) < 4.78 is 31.5. The van der Waals surface area contributed by atoms with E-state index in [1.54, 1.807) is 12.1 Å². The quantitative estimate of drug-likeness (QED) is 0.626. The highest BCUT2D eigenvalue weighted by Crippen LogP contribution is 2.13. The summed E-state index contributed by atoms with van der Waals surface area (Å²) >= 11 is 0. The standard InChI is InChI=1S/C18H29N3O4S/c1-3-11-21-12-8-16(9-13-21)20-18(22)15-4-6-17(7-5-15)26(23,24)19-10-14-25-2/h4-7,16,19H,3,8-14H2,1-2H3,(H,20,22). The molecule has 0 saturated carbocycles. The molecule has 0 bridgehead atoms. The molecule has 0 unspecified atom stereocenters. The van der Waals surface area contributed by atoms with Gasteiger partial charge in [-0.3, -0.25) is 4.79 Å². The Bertz CT molecular complexity index is 668. The molecule has 0 spiro atoms. The summed E-state index contributed by atoms with van der Waals surface area (Å²) in [4.78, 5) is 14.9. The summed E-state index contributed by atoms with van der Waals surface area (Å²) in [6.07, 6.45) is 3.04. The molecule has 2 rings (SSSR count). The van der Waals surface area contributed by atoms with Crippen LogP contribution in [0.3, 0.4) is 0 Å². The molecule has 1 aromatic rings. The third-order valence-corrected chi connectivity index (χ3v) is 5.96. The van der Waals surface area contributed by atoms with Gasteiger partial charge in [0, 0.05) is 38.3 Å². The van der Waals surface area contributed by atoms with Crippen molar-refractivity contribution in [2.24, 2.45) is 0 Å². The first-order valence-corrected chi connectivity index (χ1v) is 10.6. The van der Waals surface area contributed by atoms with Crippen LogP contribution >= 0.6 is 0 Å². The van der Waals surface area contributed by atoms with Crippen LogP contribution in [0.2, 0.25) is 0 Å². The molecule has 7 nitrogen and oxygen atoms in total. The molecule has 1 aliphatic heterocycles. The van der Waals surface area contributed by atoms with Crippen LogP contribution in [0.4, 0.5) is 0 Å². The summed E-state index contributed by atoms with van der Waals surface area (Å²) in [5, 5.41) is 3.05. The van der Waals surface area contributed by atoms with Gasteiger partial charge in [0.2, 0.25) is 10.0 Å². The molecule has 1 aromatic carbocycles. The number of ether oxygens (including phenoxy) is 1. The lowest BCUT2D eigenvalue weighted by Gasteiger charge is -2.32. The van der Waals surface area contributed by atoms with E-state index in [1.165, 1.54) is 19.2 Å². The Morgan fingerprint density at radius 2 is 1.88 bits per heavy atom. The van der Waals surface area contributed by atoms with Crippen molar-refractivity contribution in [3.63, 3.8) is 0 Å². The minimum Gasteiger partial charge on any atom is -0.383 e. The van der Waals surface area contributed by atoms with Crippen LogP contribution < -0.4 is 10.0 Å². The summed E-state index contributed by atoms with van der Waals surface area (Å²) in [6, 6.07) is 6.18. The second-order valence-corrected chi connectivity index (χ2v) is 8.27. The maximum absolute atomic E-state index is 12.4. The monoisotopic (exact) mass is 383 g/mol. The predicted octanol–water partition coefficient (Wildman–Crippen LogP) is 1.22. The number of rotatable bonds is 9. The number of nitrogens with zero attached hydrogens (tertiary/aromatic N) is 1. The molecule has 8 heteroatoms. The second kappa shape index (κ2) is 10.0. The van der Waals surface area contributed by atoms with Crippen molar-refractivity contribution in [2.45, 2.75) is 37.1 Å². The van der Waals surface area contributed by atoms with E-state index in [9.17, 15) is 13.2 Å². The fraction of sp³-hybridized carbons (Fsp3) is 0.611. The summed E-state index contributed by atoms with van der Waals surface area (Å²) in [6.45, 7) is 5.79. The van der Waals surface area contributed by atoms with Gasteiger partial charge in [0.15, 0.2) is 0 Å². The van der Waals surface area contributed by atoms with Gasteiger partial charge in [-0.2, -0.15) is 0 Å². The Labute approximate surface area is 156 Å². The topological polar surface area (TPSA) is 87.7 Å². The number of methoxy groups -OCH3 is 1. The number of nitrogens with one attached hydrogen (secondary N) is 2. The van der Waals surface area contributed by atoms with E-state index in [1.807, 2.05) is 0 Å². The number of amides is 1. The minimum absolute atomic E-state index is 0.137. The van der Waals surface area contributed by atoms with E-state index >= 15 is 0 Å². The minimum atomic E-state index is -3.58. The molecule has 1 aliphatic rings. The smallest absolute Gasteiger partial charge is 0.251 e. The van der Waals surface area contributed by atoms with Crippen molar-refractivity contribution in [2.75, 3.05) is 39.9 Å². The van der Waals surface area contributed by atoms with Gasteiger partial charge in [0.1, 0.15) is 0 Å². The molecule has 0 radical (unpaired) electrons.